The van der Waals surface area contributed by atoms with Crippen LogP contribution in [0.2, 0.25) is 0 Å². The zero-order valence-electron chi connectivity index (χ0n) is 9.73. The van der Waals surface area contributed by atoms with Gasteiger partial charge >= 0.3 is 0 Å². The zero-order chi connectivity index (χ0) is 12.3. The van der Waals surface area contributed by atoms with Crippen LogP contribution in [0.15, 0.2) is 23.1 Å². The fourth-order valence-corrected chi connectivity index (χ4v) is 2.73. The Bertz CT molecular complexity index is 445. The van der Waals surface area contributed by atoms with Crippen molar-refractivity contribution in [3.05, 3.63) is 23.8 Å². The minimum Gasteiger partial charge on any atom is -0.324 e. The first kappa shape index (κ1) is 12.2. The molecule has 2 rings (SSSR count). The van der Waals surface area contributed by atoms with Gasteiger partial charge in [-0.25, -0.2) is 0 Å². The Labute approximate surface area is 105 Å². The molecule has 0 fully saturated rings. The third-order valence-corrected chi connectivity index (χ3v) is 3.94. The van der Waals surface area contributed by atoms with Gasteiger partial charge in [-0.05, 0) is 37.5 Å². The number of unbranched alkanes of at least 4 members (excludes halogenated alkanes) is 1. The van der Waals surface area contributed by atoms with Gasteiger partial charge in [0.1, 0.15) is 6.29 Å². The fourth-order valence-electron chi connectivity index (χ4n) is 1.80. The summed E-state index contributed by atoms with van der Waals surface area (Å²) in [4.78, 5) is 22.9. The average Bonchev–Trinajstić information content (AvgIpc) is 2.31. The number of benzene rings is 1. The van der Waals surface area contributed by atoms with E-state index in [-0.39, 0.29) is 11.2 Å². The topological polar surface area (TPSA) is 46.2 Å². The standard InChI is InChI=1S/C13H15NO2S/c1-9-13(16)14-11-8-10(4-2-3-7-15)5-6-12(11)17-9/h5-9H,2-4H2,1H3,(H,14,16). The number of nitrogens with one attached hydrogen (secondary N) is 1. The molecular weight excluding hydrogens is 234 g/mol. The third-order valence-electron chi connectivity index (χ3n) is 2.76. The highest BCUT2D eigenvalue weighted by Crippen LogP contribution is 2.36. The molecule has 0 saturated carbocycles. The second kappa shape index (κ2) is 5.36. The number of amides is 1. The van der Waals surface area contributed by atoms with Crippen LogP contribution in [0.3, 0.4) is 0 Å². The number of thioether (sulfide) groups is 1. The molecule has 1 amide bonds. The van der Waals surface area contributed by atoms with Gasteiger partial charge in [0.2, 0.25) is 5.91 Å². The first-order chi connectivity index (χ1) is 8.20. The van der Waals surface area contributed by atoms with E-state index in [9.17, 15) is 9.59 Å². The molecule has 1 aromatic carbocycles. The monoisotopic (exact) mass is 249 g/mol. The van der Waals surface area contributed by atoms with Gasteiger partial charge in [-0.15, -0.1) is 11.8 Å². The van der Waals surface area contributed by atoms with Gasteiger partial charge in [-0.1, -0.05) is 6.07 Å². The van der Waals surface area contributed by atoms with Crippen molar-refractivity contribution in [1.82, 2.24) is 0 Å². The van der Waals surface area contributed by atoms with Crippen LogP contribution < -0.4 is 5.32 Å². The molecular formula is C13H15NO2S. The summed E-state index contributed by atoms with van der Waals surface area (Å²) in [6, 6.07) is 6.13. The van der Waals surface area contributed by atoms with Crippen molar-refractivity contribution in [2.45, 2.75) is 36.3 Å². The van der Waals surface area contributed by atoms with E-state index in [1.807, 2.05) is 19.1 Å². The Kier molecular flexibility index (Phi) is 3.84. The van der Waals surface area contributed by atoms with Crippen LogP contribution in [-0.4, -0.2) is 17.4 Å². The van der Waals surface area contributed by atoms with Gasteiger partial charge in [0.15, 0.2) is 0 Å². The molecule has 0 radical (unpaired) electrons. The van der Waals surface area contributed by atoms with Gasteiger partial charge in [-0.2, -0.15) is 0 Å². The molecule has 0 spiro atoms. The molecule has 1 N–H and O–H groups in total. The maximum atomic E-state index is 11.6. The summed E-state index contributed by atoms with van der Waals surface area (Å²) in [7, 11) is 0. The molecule has 3 nitrogen and oxygen atoms in total. The van der Waals surface area contributed by atoms with Crippen molar-refractivity contribution in [1.29, 1.82) is 0 Å². The number of aryl methyl sites for hydroxylation is 1. The lowest BCUT2D eigenvalue weighted by molar-refractivity contribution is -0.115. The lowest BCUT2D eigenvalue weighted by Gasteiger charge is -2.21. The van der Waals surface area contributed by atoms with Crippen molar-refractivity contribution in [3.63, 3.8) is 0 Å². The van der Waals surface area contributed by atoms with E-state index in [1.54, 1.807) is 11.8 Å². The normalized spacial score (nSPS) is 18.4. The highest BCUT2D eigenvalue weighted by atomic mass is 32.2. The molecule has 1 aliphatic rings. The highest BCUT2D eigenvalue weighted by molar-refractivity contribution is 8.00. The Morgan fingerprint density at radius 3 is 3.06 bits per heavy atom. The molecule has 4 heteroatoms. The van der Waals surface area contributed by atoms with Crippen molar-refractivity contribution >= 4 is 29.6 Å². The van der Waals surface area contributed by atoms with E-state index in [4.69, 9.17) is 0 Å². The SMILES string of the molecule is CC1Sc2ccc(CCCC=O)cc2NC1=O. The maximum Gasteiger partial charge on any atom is 0.237 e. The predicted molar refractivity (Wildman–Crippen MR) is 69.4 cm³/mol. The summed E-state index contributed by atoms with van der Waals surface area (Å²) in [6.45, 7) is 1.90. The summed E-state index contributed by atoms with van der Waals surface area (Å²) in [5.41, 5.74) is 2.07. The molecule has 0 saturated heterocycles. The number of carbonyl (C=O) groups is 2. The van der Waals surface area contributed by atoms with Gasteiger partial charge in [0, 0.05) is 11.3 Å². The van der Waals surface area contributed by atoms with Gasteiger partial charge in [0.25, 0.3) is 0 Å². The van der Waals surface area contributed by atoms with Crippen molar-refractivity contribution < 1.29 is 9.59 Å². The average molecular weight is 249 g/mol. The quantitative estimate of drug-likeness (QED) is 0.659. The van der Waals surface area contributed by atoms with Crippen LogP contribution >= 0.6 is 11.8 Å². The number of fused-ring (bicyclic) bond motifs is 1. The van der Waals surface area contributed by atoms with Crippen LogP contribution in [0, 0.1) is 0 Å². The summed E-state index contributed by atoms with van der Waals surface area (Å²) < 4.78 is 0. The van der Waals surface area contributed by atoms with Gasteiger partial charge in [-0.3, -0.25) is 4.79 Å². The van der Waals surface area contributed by atoms with Crippen molar-refractivity contribution in [2.24, 2.45) is 0 Å². The summed E-state index contributed by atoms with van der Waals surface area (Å²) >= 11 is 1.59. The Morgan fingerprint density at radius 1 is 1.47 bits per heavy atom. The van der Waals surface area contributed by atoms with Gasteiger partial charge < -0.3 is 10.1 Å². The number of hydrogen-bond donors (Lipinski definition) is 1. The molecule has 1 unspecified atom stereocenters. The van der Waals surface area contributed by atoms with E-state index in [2.05, 4.69) is 11.4 Å². The summed E-state index contributed by atoms with van der Waals surface area (Å²) in [5, 5.41) is 2.89. The van der Waals surface area contributed by atoms with Gasteiger partial charge in [0.05, 0.1) is 10.9 Å². The third kappa shape index (κ3) is 2.88. The Balaban J connectivity index is 2.11. The van der Waals surface area contributed by atoms with E-state index >= 15 is 0 Å². The minimum atomic E-state index is -0.0246. The second-order valence-corrected chi connectivity index (χ2v) is 5.52. The first-order valence-corrected chi connectivity index (χ1v) is 6.63. The van der Waals surface area contributed by atoms with Crippen LogP contribution in [0.25, 0.3) is 0 Å². The molecule has 1 aliphatic heterocycles. The van der Waals surface area contributed by atoms with Crippen molar-refractivity contribution in [2.75, 3.05) is 5.32 Å². The van der Waals surface area contributed by atoms with E-state index in [0.29, 0.717) is 6.42 Å². The van der Waals surface area contributed by atoms with Crippen molar-refractivity contribution in [3.8, 4) is 0 Å². The van der Waals surface area contributed by atoms with Crippen LogP contribution in [0.4, 0.5) is 5.69 Å². The molecule has 1 aromatic rings. The molecule has 90 valence electrons. The smallest absolute Gasteiger partial charge is 0.237 e. The Hall–Kier alpha value is -1.29. The molecule has 0 aromatic heterocycles. The molecule has 0 aliphatic carbocycles. The number of carbonyl (C=O) groups excluding carboxylic acids is 2. The van der Waals surface area contributed by atoms with Crippen LogP contribution in [0.1, 0.15) is 25.3 Å². The lowest BCUT2D eigenvalue weighted by atomic mass is 10.1. The van der Waals surface area contributed by atoms with Crippen LogP contribution in [0.5, 0.6) is 0 Å². The highest BCUT2D eigenvalue weighted by Gasteiger charge is 2.22. The molecule has 1 heterocycles. The Morgan fingerprint density at radius 2 is 2.29 bits per heavy atom. The fraction of sp³-hybridized carbons (Fsp3) is 0.385. The predicted octanol–water partition coefficient (Wildman–Crippen LogP) is 2.64. The largest absolute Gasteiger partial charge is 0.324 e. The second-order valence-electron chi connectivity index (χ2n) is 4.14. The van der Waals surface area contributed by atoms with Crippen LogP contribution in [-0.2, 0) is 16.0 Å². The number of hydrogen-bond acceptors (Lipinski definition) is 3. The first-order valence-electron chi connectivity index (χ1n) is 5.75. The number of anilines is 1. The number of rotatable bonds is 4. The lowest BCUT2D eigenvalue weighted by Crippen LogP contribution is -2.26. The maximum absolute atomic E-state index is 11.6. The number of aldehydes is 1. The van der Waals surface area contributed by atoms with E-state index in [0.717, 1.165) is 29.7 Å². The molecule has 17 heavy (non-hydrogen) atoms. The minimum absolute atomic E-state index is 0.0246. The zero-order valence-corrected chi connectivity index (χ0v) is 10.5. The molecule has 1 atom stereocenters. The van der Waals surface area contributed by atoms with E-state index in [1.165, 1.54) is 5.56 Å². The molecule has 0 bridgehead atoms. The summed E-state index contributed by atoms with van der Waals surface area (Å²) in [6.07, 6.45) is 3.27. The van der Waals surface area contributed by atoms with E-state index < -0.39 is 0 Å². The summed E-state index contributed by atoms with van der Waals surface area (Å²) in [5.74, 6) is 0.0625.